The number of pyridine rings is 1. The second-order valence-corrected chi connectivity index (χ2v) is 5.66. The summed E-state index contributed by atoms with van der Waals surface area (Å²) in [5, 5.41) is 5.14. The normalized spacial score (nSPS) is 17.3. The topological polar surface area (TPSA) is 76.8 Å². The Balaban J connectivity index is 1.76. The van der Waals surface area contributed by atoms with Gasteiger partial charge >= 0.3 is 0 Å². The number of hydrogen-bond acceptors (Lipinski definition) is 5. The van der Waals surface area contributed by atoms with Crippen molar-refractivity contribution in [3.05, 3.63) is 30.4 Å². The van der Waals surface area contributed by atoms with Crippen LogP contribution in [0.5, 0.6) is 0 Å². The Morgan fingerprint density at radius 2 is 2.18 bits per heavy atom. The molecule has 0 amide bonds. The second-order valence-electron chi connectivity index (χ2n) is 5.66. The Hall–Kier alpha value is -2.21. The zero-order valence-corrected chi connectivity index (χ0v) is 12.5. The summed E-state index contributed by atoms with van der Waals surface area (Å²) in [5.41, 5.74) is 1.33. The van der Waals surface area contributed by atoms with Crippen LogP contribution in [-0.2, 0) is 10.3 Å². The molecular formula is C16H18N4O2. The SMILES string of the molecule is CCOC1(c2nc(-c3nccc4[nH]ccc34)no2)CCCC1. The van der Waals surface area contributed by atoms with Crippen molar-refractivity contribution < 1.29 is 9.26 Å². The van der Waals surface area contributed by atoms with E-state index in [0.29, 0.717) is 18.3 Å². The first-order chi connectivity index (χ1) is 10.8. The molecule has 1 N–H and O–H groups in total. The largest absolute Gasteiger partial charge is 0.365 e. The number of nitrogens with one attached hydrogen (secondary N) is 1. The minimum atomic E-state index is -0.411. The van der Waals surface area contributed by atoms with E-state index in [-0.39, 0.29) is 0 Å². The van der Waals surface area contributed by atoms with Crippen LogP contribution >= 0.6 is 0 Å². The van der Waals surface area contributed by atoms with E-state index in [1.54, 1.807) is 6.20 Å². The molecule has 0 aliphatic heterocycles. The standard InChI is InChI=1S/C16H18N4O2/c1-2-21-16(7-3-4-8-16)15-19-14(20-22-15)13-11-5-9-17-12(11)6-10-18-13/h5-6,9-10,17H,2-4,7-8H2,1H3. The highest BCUT2D eigenvalue weighted by molar-refractivity contribution is 5.90. The van der Waals surface area contributed by atoms with E-state index in [1.807, 2.05) is 25.3 Å². The molecule has 0 atom stereocenters. The van der Waals surface area contributed by atoms with Gasteiger partial charge in [0.05, 0.1) is 0 Å². The smallest absolute Gasteiger partial charge is 0.259 e. The van der Waals surface area contributed by atoms with Crippen molar-refractivity contribution in [1.29, 1.82) is 0 Å². The van der Waals surface area contributed by atoms with Gasteiger partial charge in [-0.3, -0.25) is 4.98 Å². The predicted molar refractivity (Wildman–Crippen MR) is 81.2 cm³/mol. The van der Waals surface area contributed by atoms with Crippen molar-refractivity contribution in [3.63, 3.8) is 0 Å². The van der Waals surface area contributed by atoms with Crippen molar-refractivity contribution in [3.8, 4) is 11.5 Å². The van der Waals surface area contributed by atoms with Crippen LogP contribution in [0.2, 0.25) is 0 Å². The zero-order chi connectivity index (χ0) is 15.0. The zero-order valence-electron chi connectivity index (χ0n) is 12.5. The molecule has 1 saturated carbocycles. The van der Waals surface area contributed by atoms with Gasteiger partial charge in [-0.2, -0.15) is 4.98 Å². The Kier molecular flexibility index (Phi) is 3.18. The molecule has 22 heavy (non-hydrogen) atoms. The molecule has 0 unspecified atom stereocenters. The molecule has 0 aromatic carbocycles. The fraction of sp³-hybridized carbons (Fsp3) is 0.438. The van der Waals surface area contributed by atoms with Crippen LogP contribution in [0, 0.1) is 0 Å². The highest BCUT2D eigenvalue weighted by atomic mass is 16.5. The molecule has 0 bridgehead atoms. The van der Waals surface area contributed by atoms with E-state index in [1.165, 1.54) is 0 Å². The minimum absolute atomic E-state index is 0.411. The highest BCUT2D eigenvalue weighted by Crippen LogP contribution is 2.41. The van der Waals surface area contributed by atoms with Crippen molar-refractivity contribution in [2.24, 2.45) is 0 Å². The van der Waals surface area contributed by atoms with Crippen LogP contribution in [0.1, 0.15) is 38.5 Å². The predicted octanol–water partition coefficient (Wildman–Crippen LogP) is 3.42. The fourth-order valence-electron chi connectivity index (χ4n) is 3.31. The maximum atomic E-state index is 5.98. The van der Waals surface area contributed by atoms with Gasteiger partial charge in [0.1, 0.15) is 11.3 Å². The monoisotopic (exact) mass is 298 g/mol. The second kappa shape index (κ2) is 5.21. The van der Waals surface area contributed by atoms with E-state index in [4.69, 9.17) is 9.26 Å². The third kappa shape index (κ3) is 2.02. The molecule has 3 heterocycles. The maximum absolute atomic E-state index is 5.98. The number of nitrogens with zero attached hydrogens (tertiary/aromatic N) is 3. The van der Waals surface area contributed by atoms with Gasteiger partial charge in [-0.15, -0.1) is 0 Å². The molecule has 3 aromatic rings. The van der Waals surface area contributed by atoms with Crippen molar-refractivity contribution in [1.82, 2.24) is 20.1 Å². The van der Waals surface area contributed by atoms with E-state index < -0.39 is 5.60 Å². The fourth-order valence-corrected chi connectivity index (χ4v) is 3.31. The van der Waals surface area contributed by atoms with Crippen LogP contribution in [0.3, 0.4) is 0 Å². The van der Waals surface area contributed by atoms with Gasteiger partial charge in [-0.1, -0.05) is 5.16 Å². The Morgan fingerprint density at radius 1 is 1.32 bits per heavy atom. The van der Waals surface area contributed by atoms with Crippen molar-refractivity contribution in [2.45, 2.75) is 38.2 Å². The van der Waals surface area contributed by atoms with Gasteiger partial charge in [0.25, 0.3) is 5.89 Å². The van der Waals surface area contributed by atoms with E-state index in [0.717, 1.165) is 42.3 Å². The van der Waals surface area contributed by atoms with Gasteiger partial charge in [0, 0.05) is 29.9 Å². The highest BCUT2D eigenvalue weighted by Gasteiger charge is 2.42. The van der Waals surface area contributed by atoms with Crippen LogP contribution in [-0.4, -0.2) is 26.7 Å². The molecule has 114 valence electrons. The lowest BCUT2D eigenvalue weighted by Crippen LogP contribution is -2.26. The molecule has 1 fully saturated rings. The van der Waals surface area contributed by atoms with Gasteiger partial charge in [-0.05, 0) is 44.7 Å². The lowest BCUT2D eigenvalue weighted by molar-refractivity contribution is -0.0610. The average molecular weight is 298 g/mol. The summed E-state index contributed by atoms with van der Waals surface area (Å²) in [4.78, 5) is 12.2. The summed E-state index contributed by atoms with van der Waals surface area (Å²) in [6.07, 6.45) is 7.76. The summed E-state index contributed by atoms with van der Waals surface area (Å²) >= 11 is 0. The van der Waals surface area contributed by atoms with Gasteiger partial charge in [-0.25, -0.2) is 0 Å². The summed E-state index contributed by atoms with van der Waals surface area (Å²) in [6.45, 7) is 2.64. The van der Waals surface area contributed by atoms with Crippen LogP contribution in [0.4, 0.5) is 0 Å². The molecule has 6 nitrogen and oxygen atoms in total. The number of aromatic amines is 1. The number of rotatable bonds is 4. The summed E-state index contributed by atoms with van der Waals surface area (Å²) in [7, 11) is 0. The summed E-state index contributed by atoms with van der Waals surface area (Å²) in [6, 6.07) is 3.90. The lowest BCUT2D eigenvalue weighted by atomic mass is 10.0. The number of aromatic nitrogens is 4. The number of ether oxygens (including phenoxy) is 1. The number of fused-ring (bicyclic) bond motifs is 1. The third-order valence-electron chi connectivity index (χ3n) is 4.34. The molecule has 0 saturated heterocycles. The lowest BCUT2D eigenvalue weighted by Gasteiger charge is -2.24. The molecule has 1 aliphatic rings. The molecular weight excluding hydrogens is 280 g/mol. The van der Waals surface area contributed by atoms with Gasteiger partial charge in [0.15, 0.2) is 0 Å². The quantitative estimate of drug-likeness (QED) is 0.798. The molecule has 1 aliphatic carbocycles. The molecule has 0 spiro atoms. The number of H-pyrrole nitrogens is 1. The van der Waals surface area contributed by atoms with Crippen LogP contribution in [0.15, 0.2) is 29.0 Å². The average Bonchev–Trinajstić information content (AvgIpc) is 3.27. The molecule has 6 heteroatoms. The first-order valence-electron chi connectivity index (χ1n) is 7.73. The first kappa shape index (κ1) is 13.5. The Labute approximate surface area is 127 Å². The van der Waals surface area contributed by atoms with Gasteiger partial charge < -0.3 is 14.2 Å². The summed E-state index contributed by atoms with van der Waals surface area (Å²) in [5.74, 6) is 1.10. The molecule has 0 radical (unpaired) electrons. The van der Waals surface area contributed by atoms with Crippen LogP contribution in [0.25, 0.3) is 22.4 Å². The van der Waals surface area contributed by atoms with Crippen molar-refractivity contribution >= 4 is 10.9 Å². The Morgan fingerprint density at radius 3 is 3.00 bits per heavy atom. The van der Waals surface area contributed by atoms with Gasteiger partial charge in [0.2, 0.25) is 5.82 Å². The number of hydrogen-bond donors (Lipinski definition) is 1. The van der Waals surface area contributed by atoms with E-state index >= 15 is 0 Å². The van der Waals surface area contributed by atoms with Crippen LogP contribution < -0.4 is 0 Å². The van der Waals surface area contributed by atoms with E-state index in [2.05, 4.69) is 20.1 Å². The van der Waals surface area contributed by atoms with Crippen molar-refractivity contribution in [2.75, 3.05) is 6.61 Å². The molecule has 4 rings (SSSR count). The third-order valence-corrected chi connectivity index (χ3v) is 4.34. The molecule has 3 aromatic heterocycles. The Bertz CT molecular complexity index is 786. The maximum Gasteiger partial charge on any atom is 0.259 e. The summed E-state index contributed by atoms with van der Waals surface area (Å²) < 4.78 is 11.5. The van der Waals surface area contributed by atoms with E-state index in [9.17, 15) is 0 Å². The first-order valence-corrected chi connectivity index (χ1v) is 7.73. The minimum Gasteiger partial charge on any atom is -0.365 e.